The molecule has 114 valence electrons. The van der Waals surface area contributed by atoms with Gasteiger partial charge in [-0.05, 0) is 23.8 Å². The average molecular weight is 368 g/mol. The van der Waals surface area contributed by atoms with Gasteiger partial charge in [0.25, 0.3) is 11.6 Å². The van der Waals surface area contributed by atoms with Crippen molar-refractivity contribution in [3.05, 3.63) is 67.9 Å². The summed E-state index contributed by atoms with van der Waals surface area (Å²) in [5, 5.41) is 24.6. The van der Waals surface area contributed by atoms with Gasteiger partial charge in [-0.25, -0.2) is 4.39 Å². The number of hydrogen-bond acceptors (Lipinski definition) is 4. The number of carbonyl (C=O) groups excluding carboxylic acids is 1. The molecule has 0 aliphatic heterocycles. The van der Waals surface area contributed by atoms with Crippen molar-refractivity contribution in [3.63, 3.8) is 0 Å². The zero-order chi connectivity index (χ0) is 16.3. The van der Waals surface area contributed by atoms with E-state index in [2.05, 4.69) is 21.2 Å². The topological polar surface area (TPSA) is 95.3 Å². The molecule has 0 spiro atoms. The number of non-ortho nitro benzene ring substituents is 1. The maximum absolute atomic E-state index is 13.6. The summed E-state index contributed by atoms with van der Waals surface area (Å²) >= 11 is 3.13. The lowest BCUT2D eigenvalue weighted by Crippen LogP contribution is -2.24. The largest absolute Gasteiger partial charge is 0.872 e. The standard InChI is InChI=1S/C14H10BrFN2O4/c15-9-1-3-12(16)11(6-9)14(20)17-7-8-5-10(18(21)22)2-4-13(8)19/h1-6,19H,7H2,(H,17,20)/p-1. The van der Waals surface area contributed by atoms with Crippen molar-refractivity contribution >= 4 is 27.5 Å². The Balaban J connectivity index is 2.16. The summed E-state index contributed by atoms with van der Waals surface area (Å²) in [7, 11) is 0. The molecule has 0 aliphatic rings. The average Bonchev–Trinajstić information content (AvgIpc) is 2.48. The summed E-state index contributed by atoms with van der Waals surface area (Å²) in [4.78, 5) is 21.9. The van der Waals surface area contributed by atoms with Crippen LogP contribution in [-0.4, -0.2) is 10.8 Å². The van der Waals surface area contributed by atoms with Crippen LogP contribution in [0.15, 0.2) is 40.9 Å². The van der Waals surface area contributed by atoms with E-state index in [1.54, 1.807) is 0 Å². The first-order valence-electron chi connectivity index (χ1n) is 6.06. The van der Waals surface area contributed by atoms with Crippen molar-refractivity contribution in [1.82, 2.24) is 5.32 Å². The van der Waals surface area contributed by atoms with Crippen LogP contribution < -0.4 is 10.4 Å². The van der Waals surface area contributed by atoms with Gasteiger partial charge in [-0.3, -0.25) is 14.9 Å². The molecule has 0 unspecified atom stereocenters. The van der Waals surface area contributed by atoms with Gasteiger partial charge in [0.2, 0.25) is 0 Å². The lowest BCUT2D eigenvalue weighted by molar-refractivity contribution is -0.385. The quantitative estimate of drug-likeness (QED) is 0.663. The number of hydrogen-bond donors (Lipinski definition) is 1. The van der Waals surface area contributed by atoms with E-state index in [0.29, 0.717) is 4.47 Å². The Bertz CT molecular complexity index is 752. The molecule has 0 radical (unpaired) electrons. The molecule has 0 heterocycles. The van der Waals surface area contributed by atoms with Gasteiger partial charge in [-0.2, -0.15) is 0 Å². The fraction of sp³-hybridized carbons (Fsp3) is 0.0714. The molecule has 2 aromatic carbocycles. The highest BCUT2D eigenvalue weighted by Gasteiger charge is 2.13. The third kappa shape index (κ3) is 3.59. The van der Waals surface area contributed by atoms with Crippen molar-refractivity contribution in [1.29, 1.82) is 0 Å². The summed E-state index contributed by atoms with van der Waals surface area (Å²) in [5.41, 5.74) is -0.386. The Hall–Kier alpha value is -2.48. The van der Waals surface area contributed by atoms with Gasteiger partial charge in [-0.1, -0.05) is 22.0 Å². The molecule has 0 aliphatic carbocycles. The number of carbonyl (C=O) groups is 1. The molecule has 1 N–H and O–H groups in total. The second-order valence-corrected chi connectivity index (χ2v) is 5.27. The first kappa shape index (κ1) is 15.9. The molecular formula is C14H9BrFN2O4-. The van der Waals surface area contributed by atoms with E-state index in [0.717, 1.165) is 24.3 Å². The molecule has 0 bridgehead atoms. The molecule has 1 amide bonds. The Morgan fingerprint density at radius 2 is 2.00 bits per heavy atom. The van der Waals surface area contributed by atoms with E-state index in [9.17, 15) is 24.4 Å². The van der Waals surface area contributed by atoms with Gasteiger partial charge in [0.1, 0.15) is 5.82 Å². The van der Waals surface area contributed by atoms with Crippen LogP contribution >= 0.6 is 15.9 Å². The van der Waals surface area contributed by atoms with Crippen LogP contribution in [0.4, 0.5) is 10.1 Å². The number of nitrogens with one attached hydrogen (secondary N) is 1. The van der Waals surface area contributed by atoms with Crippen LogP contribution in [0.3, 0.4) is 0 Å². The third-order valence-corrected chi connectivity index (χ3v) is 3.36. The van der Waals surface area contributed by atoms with Crippen molar-refractivity contribution in [2.45, 2.75) is 6.54 Å². The smallest absolute Gasteiger partial charge is 0.269 e. The molecule has 0 saturated heterocycles. The first-order valence-corrected chi connectivity index (χ1v) is 6.85. The maximum atomic E-state index is 13.6. The predicted octanol–water partition coefficient (Wildman–Crippen LogP) is 2.50. The van der Waals surface area contributed by atoms with Crippen LogP contribution in [0.2, 0.25) is 0 Å². The number of benzene rings is 2. The van der Waals surface area contributed by atoms with Gasteiger partial charge in [0.15, 0.2) is 0 Å². The summed E-state index contributed by atoms with van der Waals surface area (Å²) in [6, 6.07) is 7.10. The minimum absolute atomic E-state index is 0.0537. The molecule has 0 saturated carbocycles. The molecule has 2 rings (SSSR count). The second-order valence-electron chi connectivity index (χ2n) is 4.36. The number of nitrogens with zero attached hydrogens (tertiary/aromatic N) is 1. The van der Waals surface area contributed by atoms with E-state index >= 15 is 0 Å². The Kier molecular flexibility index (Phi) is 4.71. The molecule has 6 nitrogen and oxygen atoms in total. The Labute approximate surface area is 132 Å². The lowest BCUT2D eigenvalue weighted by atomic mass is 10.1. The minimum atomic E-state index is -0.718. The predicted molar refractivity (Wildman–Crippen MR) is 77.8 cm³/mol. The van der Waals surface area contributed by atoms with Crippen LogP contribution in [0, 0.1) is 15.9 Å². The number of nitro benzene ring substituents is 1. The fourth-order valence-corrected chi connectivity index (χ4v) is 2.12. The molecular weight excluding hydrogens is 359 g/mol. The van der Waals surface area contributed by atoms with Crippen LogP contribution in [0.5, 0.6) is 5.75 Å². The third-order valence-electron chi connectivity index (χ3n) is 2.87. The number of nitro groups is 1. The summed E-state index contributed by atoms with van der Waals surface area (Å²) in [5.74, 6) is -1.87. The first-order chi connectivity index (χ1) is 10.4. The SMILES string of the molecule is O=C(NCc1cc([N+](=O)[O-])ccc1[O-])c1cc(Br)ccc1F. The van der Waals surface area contributed by atoms with Crippen molar-refractivity contribution in [2.24, 2.45) is 0 Å². The Morgan fingerprint density at radius 3 is 2.68 bits per heavy atom. The van der Waals surface area contributed by atoms with Crippen LogP contribution in [0.25, 0.3) is 0 Å². The zero-order valence-electron chi connectivity index (χ0n) is 11.0. The van der Waals surface area contributed by atoms with Gasteiger partial charge in [0, 0.05) is 23.2 Å². The molecule has 2 aromatic rings. The lowest BCUT2D eigenvalue weighted by Gasteiger charge is -2.14. The van der Waals surface area contributed by atoms with Gasteiger partial charge >= 0.3 is 0 Å². The molecule has 22 heavy (non-hydrogen) atoms. The highest BCUT2D eigenvalue weighted by atomic mass is 79.9. The van der Waals surface area contributed by atoms with Crippen molar-refractivity contribution in [3.8, 4) is 5.75 Å². The van der Waals surface area contributed by atoms with Crippen LogP contribution in [-0.2, 0) is 6.54 Å². The van der Waals surface area contributed by atoms with Crippen LogP contribution in [0.1, 0.15) is 15.9 Å². The number of rotatable bonds is 4. The van der Waals surface area contributed by atoms with Gasteiger partial charge < -0.3 is 10.4 Å². The van der Waals surface area contributed by atoms with Crippen molar-refractivity contribution in [2.75, 3.05) is 0 Å². The highest BCUT2D eigenvalue weighted by molar-refractivity contribution is 9.10. The van der Waals surface area contributed by atoms with E-state index in [1.165, 1.54) is 12.1 Å². The summed E-state index contributed by atoms with van der Waals surface area (Å²) < 4.78 is 14.1. The van der Waals surface area contributed by atoms with E-state index in [1.807, 2.05) is 0 Å². The number of halogens is 2. The summed E-state index contributed by atoms with van der Waals surface area (Å²) in [6.07, 6.45) is 0. The monoisotopic (exact) mass is 367 g/mol. The maximum Gasteiger partial charge on any atom is 0.269 e. The van der Waals surface area contributed by atoms with E-state index in [4.69, 9.17) is 0 Å². The molecule has 0 fully saturated rings. The normalized spacial score (nSPS) is 10.3. The van der Waals surface area contributed by atoms with Gasteiger partial charge in [-0.15, -0.1) is 5.75 Å². The minimum Gasteiger partial charge on any atom is -0.872 e. The zero-order valence-corrected chi connectivity index (χ0v) is 12.6. The van der Waals surface area contributed by atoms with Crippen molar-refractivity contribution < 1.29 is 19.2 Å². The van der Waals surface area contributed by atoms with Gasteiger partial charge in [0.05, 0.1) is 10.5 Å². The molecule has 0 atom stereocenters. The summed E-state index contributed by atoms with van der Waals surface area (Å²) in [6.45, 7) is -0.231. The Morgan fingerprint density at radius 1 is 1.27 bits per heavy atom. The molecule has 8 heteroatoms. The second kappa shape index (κ2) is 6.52. The van der Waals surface area contributed by atoms with E-state index in [-0.39, 0.29) is 23.4 Å². The number of amides is 1. The fourth-order valence-electron chi connectivity index (χ4n) is 1.76. The van der Waals surface area contributed by atoms with E-state index < -0.39 is 22.4 Å². The molecule has 0 aromatic heterocycles. The highest BCUT2D eigenvalue weighted by Crippen LogP contribution is 2.21.